The number of hydrogen-bond donors (Lipinski definition) is 0. The van der Waals surface area contributed by atoms with E-state index in [4.69, 9.17) is 0 Å². The second-order valence-electron chi connectivity index (χ2n) is 5.37. The monoisotopic (exact) mass is 310 g/mol. The molecule has 4 heteroatoms. The van der Waals surface area contributed by atoms with Crippen LogP contribution in [0.15, 0.2) is 85.7 Å². The molecule has 24 heavy (non-hydrogen) atoms. The Morgan fingerprint density at radius 3 is 1.79 bits per heavy atom. The third-order valence-electron chi connectivity index (χ3n) is 3.80. The number of rotatable bonds is 3. The Hall–Kier alpha value is -3.40. The number of benzene rings is 2. The lowest BCUT2D eigenvalue weighted by Crippen LogP contribution is -1.89. The summed E-state index contributed by atoms with van der Waals surface area (Å²) in [4.78, 5) is 16.5. The van der Waals surface area contributed by atoms with E-state index in [0.29, 0.717) is 5.82 Å². The van der Waals surface area contributed by atoms with Gasteiger partial charge in [-0.2, -0.15) is 0 Å². The summed E-state index contributed by atoms with van der Waals surface area (Å²) in [5.74, 6) is 0.676. The van der Waals surface area contributed by atoms with Crippen LogP contribution in [0.1, 0.15) is 0 Å². The van der Waals surface area contributed by atoms with Gasteiger partial charge >= 0.3 is 0 Å². The van der Waals surface area contributed by atoms with Crippen molar-refractivity contribution in [1.82, 2.24) is 19.9 Å². The van der Waals surface area contributed by atoms with E-state index in [1.54, 1.807) is 6.20 Å². The lowest BCUT2D eigenvalue weighted by Gasteiger charge is -2.07. The van der Waals surface area contributed by atoms with E-state index in [2.05, 4.69) is 62.4 Å². The molecular formula is C20H14N4. The largest absolute Gasteiger partial charge is 0.264 e. The summed E-state index contributed by atoms with van der Waals surface area (Å²) >= 11 is 0. The number of nitrogens with zero attached hydrogens (tertiary/aromatic N) is 4. The summed E-state index contributed by atoms with van der Waals surface area (Å²) < 4.78 is 0. The van der Waals surface area contributed by atoms with Crippen LogP contribution in [0.3, 0.4) is 0 Å². The van der Waals surface area contributed by atoms with Crippen molar-refractivity contribution in [2.45, 2.75) is 0 Å². The average Bonchev–Trinajstić information content (AvgIpc) is 2.70. The highest BCUT2D eigenvalue weighted by atomic mass is 15.0. The minimum Gasteiger partial charge on any atom is -0.264 e. The van der Waals surface area contributed by atoms with Crippen LogP contribution in [0.25, 0.3) is 33.6 Å². The average molecular weight is 310 g/mol. The summed E-state index contributed by atoms with van der Waals surface area (Å²) in [5, 5.41) is 0. The highest BCUT2D eigenvalue weighted by molar-refractivity contribution is 5.75. The third-order valence-corrected chi connectivity index (χ3v) is 3.80. The lowest BCUT2D eigenvalue weighted by molar-refractivity contribution is 1.06. The Labute approximate surface area is 139 Å². The predicted molar refractivity (Wildman–Crippen MR) is 93.9 cm³/mol. The van der Waals surface area contributed by atoms with Gasteiger partial charge in [0.05, 0.1) is 0 Å². The zero-order chi connectivity index (χ0) is 16.2. The normalized spacial score (nSPS) is 10.5. The van der Waals surface area contributed by atoms with Crippen molar-refractivity contribution in [2.24, 2.45) is 0 Å². The first kappa shape index (κ1) is 14.2. The molecule has 0 unspecified atom stereocenters. The molecule has 2 aromatic carbocycles. The van der Waals surface area contributed by atoms with Gasteiger partial charge in [0.2, 0.25) is 0 Å². The Balaban J connectivity index is 1.75. The molecule has 2 heterocycles. The van der Waals surface area contributed by atoms with Crippen molar-refractivity contribution in [3.8, 4) is 33.6 Å². The van der Waals surface area contributed by atoms with Crippen molar-refractivity contribution in [3.63, 3.8) is 0 Å². The fourth-order valence-electron chi connectivity index (χ4n) is 2.64. The van der Waals surface area contributed by atoms with E-state index < -0.39 is 0 Å². The Bertz CT molecular complexity index is 872. The van der Waals surface area contributed by atoms with Crippen LogP contribution >= 0.6 is 0 Å². The third kappa shape index (κ3) is 2.90. The van der Waals surface area contributed by atoms with Gasteiger partial charge in [-0.05, 0) is 34.9 Å². The maximum absolute atomic E-state index is 4.22. The fourth-order valence-corrected chi connectivity index (χ4v) is 2.64. The van der Waals surface area contributed by atoms with E-state index >= 15 is 0 Å². The maximum atomic E-state index is 4.22. The topological polar surface area (TPSA) is 51.6 Å². The molecule has 0 aliphatic carbocycles. The molecule has 0 radical (unpaired) electrons. The molecule has 0 atom stereocenters. The first-order valence-corrected chi connectivity index (χ1v) is 7.63. The van der Waals surface area contributed by atoms with Crippen LogP contribution in [0.4, 0.5) is 0 Å². The molecule has 0 fully saturated rings. The summed E-state index contributed by atoms with van der Waals surface area (Å²) in [6.45, 7) is 0. The summed E-state index contributed by atoms with van der Waals surface area (Å²) in [5.41, 5.74) is 5.49. The van der Waals surface area contributed by atoms with Crippen LogP contribution in [0.2, 0.25) is 0 Å². The maximum Gasteiger partial charge on any atom is 0.162 e. The van der Waals surface area contributed by atoms with Crippen molar-refractivity contribution < 1.29 is 0 Å². The molecule has 0 amide bonds. The number of hydrogen-bond acceptors (Lipinski definition) is 4. The van der Waals surface area contributed by atoms with Gasteiger partial charge in [0.25, 0.3) is 0 Å². The van der Waals surface area contributed by atoms with E-state index in [9.17, 15) is 0 Å². The summed E-state index contributed by atoms with van der Waals surface area (Å²) in [6.07, 6.45) is 6.68. The molecule has 0 N–H and O–H groups in total. The van der Waals surface area contributed by atoms with Gasteiger partial charge in [0.1, 0.15) is 12.7 Å². The zero-order valence-corrected chi connectivity index (χ0v) is 12.9. The highest BCUT2D eigenvalue weighted by Crippen LogP contribution is 2.28. The van der Waals surface area contributed by atoms with Gasteiger partial charge in [0, 0.05) is 23.5 Å². The molecule has 114 valence electrons. The molecule has 0 spiro atoms. The first-order valence-electron chi connectivity index (χ1n) is 7.63. The molecule has 0 saturated heterocycles. The Kier molecular flexibility index (Phi) is 3.78. The van der Waals surface area contributed by atoms with Gasteiger partial charge in [0.15, 0.2) is 5.82 Å². The highest BCUT2D eigenvalue weighted by Gasteiger charge is 2.05. The molecule has 4 rings (SSSR count). The molecular weight excluding hydrogens is 296 g/mol. The molecule has 0 aliphatic heterocycles. The summed E-state index contributed by atoms with van der Waals surface area (Å²) in [6, 6.07) is 20.6. The fraction of sp³-hybridized carbons (Fsp3) is 0. The Morgan fingerprint density at radius 1 is 0.542 bits per heavy atom. The van der Waals surface area contributed by atoms with Crippen molar-refractivity contribution in [3.05, 3.63) is 85.7 Å². The van der Waals surface area contributed by atoms with E-state index in [-0.39, 0.29) is 0 Å². The molecule has 4 aromatic rings. The van der Waals surface area contributed by atoms with Crippen LogP contribution in [0, 0.1) is 0 Å². The van der Waals surface area contributed by atoms with Crippen LogP contribution < -0.4 is 0 Å². The standard InChI is InChI=1S/C20H14N4/c1-4-15(10-17(6-1)19-8-3-9-21-12-19)16-5-2-7-18(11-16)20-23-13-22-14-24-20/h1-14H. The number of aromatic nitrogens is 4. The van der Waals surface area contributed by atoms with Crippen LogP contribution in [-0.4, -0.2) is 19.9 Å². The second-order valence-corrected chi connectivity index (χ2v) is 5.37. The van der Waals surface area contributed by atoms with Gasteiger partial charge in [-0.3, -0.25) is 4.98 Å². The zero-order valence-electron chi connectivity index (χ0n) is 12.9. The minimum absolute atomic E-state index is 0.676. The van der Waals surface area contributed by atoms with Crippen molar-refractivity contribution in [1.29, 1.82) is 0 Å². The molecule has 4 nitrogen and oxygen atoms in total. The van der Waals surface area contributed by atoms with E-state index in [1.165, 1.54) is 12.7 Å². The van der Waals surface area contributed by atoms with Gasteiger partial charge < -0.3 is 0 Å². The lowest BCUT2D eigenvalue weighted by atomic mass is 9.98. The van der Waals surface area contributed by atoms with E-state index in [0.717, 1.165) is 27.8 Å². The van der Waals surface area contributed by atoms with Crippen molar-refractivity contribution >= 4 is 0 Å². The Morgan fingerprint density at radius 2 is 1.12 bits per heavy atom. The molecule has 0 saturated carbocycles. The first-order chi connectivity index (χ1) is 11.9. The van der Waals surface area contributed by atoms with Crippen LogP contribution in [0.5, 0.6) is 0 Å². The second kappa shape index (κ2) is 6.38. The number of pyridine rings is 1. The van der Waals surface area contributed by atoms with Gasteiger partial charge in [-0.15, -0.1) is 0 Å². The molecule has 0 bridgehead atoms. The molecule has 2 aromatic heterocycles. The van der Waals surface area contributed by atoms with Crippen molar-refractivity contribution in [2.75, 3.05) is 0 Å². The summed E-state index contributed by atoms with van der Waals surface area (Å²) in [7, 11) is 0. The SMILES string of the molecule is c1cncc(-c2cccc(-c3cccc(-c4ncncn4)c3)c2)c1. The smallest absolute Gasteiger partial charge is 0.162 e. The minimum atomic E-state index is 0.676. The molecule has 0 aliphatic rings. The predicted octanol–water partition coefficient (Wildman–Crippen LogP) is 4.27. The van der Waals surface area contributed by atoms with E-state index in [1.807, 2.05) is 24.4 Å². The van der Waals surface area contributed by atoms with Gasteiger partial charge in [-0.25, -0.2) is 15.0 Å². The quantitative estimate of drug-likeness (QED) is 0.567. The van der Waals surface area contributed by atoms with Crippen LogP contribution in [-0.2, 0) is 0 Å². The van der Waals surface area contributed by atoms with Gasteiger partial charge in [-0.1, -0.05) is 42.5 Å².